The summed E-state index contributed by atoms with van der Waals surface area (Å²) in [6, 6.07) is 6.15. The van der Waals surface area contributed by atoms with Crippen LogP contribution < -0.4 is 10.1 Å². The van der Waals surface area contributed by atoms with E-state index in [-0.39, 0.29) is 30.5 Å². The third-order valence-electron chi connectivity index (χ3n) is 3.64. The predicted molar refractivity (Wildman–Crippen MR) is 80.2 cm³/mol. The predicted octanol–water partition coefficient (Wildman–Crippen LogP) is 0.221. The molecule has 1 N–H and O–H groups in total. The zero-order chi connectivity index (χ0) is 16.4. The molecular weight excluding hydrogens is 308 g/mol. The zero-order valence-corrected chi connectivity index (χ0v) is 13.6. The number of nitrogens with zero attached hydrogens (tertiary/aromatic N) is 1. The zero-order valence-electron chi connectivity index (χ0n) is 12.8. The van der Waals surface area contributed by atoms with Crippen LogP contribution in [0, 0.1) is 0 Å². The minimum atomic E-state index is -3.68. The fourth-order valence-corrected chi connectivity index (χ4v) is 3.85. The summed E-state index contributed by atoms with van der Waals surface area (Å²) in [7, 11) is -0.674. The SMILES string of the molecule is CNC(=O)C1(C)CN(S(=O)(=O)c2ccc(OC)cc2)CCO1. The summed E-state index contributed by atoms with van der Waals surface area (Å²) in [5.74, 6) is 0.234. The molecule has 0 bridgehead atoms. The number of sulfonamides is 1. The molecule has 1 saturated heterocycles. The molecule has 0 aliphatic carbocycles. The van der Waals surface area contributed by atoms with Gasteiger partial charge in [-0.15, -0.1) is 0 Å². The van der Waals surface area contributed by atoms with E-state index in [1.54, 1.807) is 19.1 Å². The van der Waals surface area contributed by atoms with Crippen LogP contribution in [0.1, 0.15) is 6.92 Å². The highest BCUT2D eigenvalue weighted by molar-refractivity contribution is 7.89. The number of rotatable bonds is 4. The van der Waals surface area contributed by atoms with E-state index in [1.807, 2.05) is 0 Å². The van der Waals surface area contributed by atoms with E-state index in [0.717, 1.165) is 0 Å². The van der Waals surface area contributed by atoms with Crippen LogP contribution in [0.15, 0.2) is 29.2 Å². The Morgan fingerprint density at radius 2 is 2.00 bits per heavy atom. The molecule has 0 spiro atoms. The van der Waals surface area contributed by atoms with Gasteiger partial charge in [0, 0.05) is 13.6 Å². The van der Waals surface area contributed by atoms with E-state index in [9.17, 15) is 13.2 Å². The molecule has 1 aliphatic rings. The lowest BCUT2D eigenvalue weighted by Gasteiger charge is -2.38. The molecule has 1 amide bonds. The highest BCUT2D eigenvalue weighted by atomic mass is 32.2. The number of carbonyl (C=O) groups excluding carboxylic acids is 1. The van der Waals surface area contributed by atoms with E-state index in [2.05, 4.69) is 5.32 Å². The number of carbonyl (C=O) groups is 1. The van der Waals surface area contributed by atoms with Gasteiger partial charge in [0.1, 0.15) is 5.75 Å². The molecule has 1 aromatic rings. The van der Waals surface area contributed by atoms with Gasteiger partial charge >= 0.3 is 0 Å². The summed E-state index contributed by atoms with van der Waals surface area (Å²) in [6.45, 7) is 1.93. The Kier molecular flexibility index (Phi) is 4.74. The summed E-state index contributed by atoms with van der Waals surface area (Å²) >= 11 is 0. The summed E-state index contributed by atoms with van der Waals surface area (Å²) in [5, 5.41) is 2.50. The Morgan fingerprint density at radius 1 is 1.36 bits per heavy atom. The molecule has 122 valence electrons. The van der Waals surface area contributed by atoms with Crippen molar-refractivity contribution >= 4 is 15.9 Å². The Hall–Kier alpha value is -1.64. The van der Waals surface area contributed by atoms with Crippen LogP contribution in [0.4, 0.5) is 0 Å². The van der Waals surface area contributed by atoms with Gasteiger partial charge in [-0.25, -0.2) is 8.42 Å². The van der Waals surface area contributed by atoms with Crippen molar-refractivity contribution in [3.05, 3.63) is 24.3 Å². The molecule has 8 heteroatoms. The normalized spacial score (nSPS) is 23.0. The number of benzene rings is 1. The highest BCUT2D eigenvalue weighted by Crippen LogP contribution is 2.25. The van der Waals surface area contributed by atoms with Gasteiger partial charge in [-0.2, -0.15) is 4.31 Å². The number of morpholine rings is 1. The molecule has 22 heavy (non-hydrogen) atoms. The molecule has 2 rings (SSSR count). The van der Waals surface area contributed by atoms with Gasteiger partial charge in [-0.1, -0.05) is 0 Å². The standard InChI is InChI=1S/C14H20N2O5S/c1-14(13(17)15-2)10-16(8-9-21-14)22(18,19)12-6-4-11(20-3)5-7-12/h4-7H,8-10H2,1-3H3,(H,15,17). The second kappa shape index (κ2) is 6.23. The molecule has 1 fully saturated rings. The van der Waals surface area contributed by atoms with Crippen molar-refractivity contribution in [1.82, 2.24) is 9.62 Å². The van der Waals surface area contributed by atoms with Gasteiger partial charge in [0.2, 0.25) is 10.0 Å². The van der Waals surface area contributed by atoms with Gasteiger partial charge in [-0.3, -0.25) is 4.79 Å². The van der Waals surface area contributed by atoms with Crippen molar-refractivity contribution in [2.75, 3.05) is 33.9 Å². The molecule has 1 unspecified atom stereocenters. The molecule has 1 aliphatic heterocycles. The fourth-order valence-electron chi connectivity index (χ4n) is 2.34. The molecule has 1 atom stereocenters. The van der Waals surface area contributed by atoms with Gasteiger partial charge in [0.25, 0.3) is 5.91 Å². The maximum atomic E-state index is 12.7. The van der Waals surface area contributed by atoms with Gasteiger partial charge < -0.3 is 14.8 Å². The lowest BCUT2D eigenvalue weighted by Crippen LogP contribution is -2.58. The first-order chi connectivity index (χ1) is 10.3. The highest BCUT2D eigenvalue weighted by Gasteiger charge is 2.42. The third-order valence-corrected chi connectivity index (χ3v) is 5.50. The Morgan fingerprint density at radius 3 is 2.55 bits per heavy atom. The first-order valence-corrected chi connectivity index (χ1v) is 8.28. The maximum absolute atomic E-state index is 12.7. The van der Waals surface area contributed by atoms with Gasteiger partial charge in [-0.05, 0) is 31.2 Å². The topological polar surface area (TPSA) is 84.9 Å². The largest absolute Gasteiger partial charge is 0.497 e. The molecule has 1 heterocycles. The Balaban J connectivity index is 2.26. The fraction of sp³-hybridized carbons (Fsp3) is 0.500. The lowest BCUT2D eigenvalue weighted by molar-refractivity contribution is -0.151. The number of ether oxygens (including phenoxy) is 2. The lowest BCUT2D eigenvalue weighted by atomic mass is 10.0. The number of methoxy groups -OCH3 is 1. The number of hydrogen-bond donors (Lipinski definition) is 1. The van der Waals surface area contributed by atoms with Crippen LogP contribution >= 0.6 is 0 Å². The van der Waals surface area contributed by atoms with Crippen molar-refractivity contribution in [3.63, 3.8) is 0 Å². The third kappa shape index (κ3) is 3.08. The molecule has 0 aromatic heterocycles. The van der Waals surface area contributed by atoms with E-state index in [0.29, 0.717) is 5.75 Å². The molecule has 7 nitrogen and oxygen atoms in total. The number of likely N-dealkylation sites (N-methyl/N-ethyl adjacent to an activating group) is 1. The van der Waals surface area contributed by atoms with Crippen LogP contribution in [0.2, 0.25) is 0 Å². The van der Waals surface area contributed by atoms with Crippen molar-refractivity contribution in [2.24, 2.45) is 0 Å². The second-order valence-electron chi connectivity index (χ2n) is 5.17. The van der Waals surface area contributed by atoms with E-state index >= 15 is 0 Å². The Labute approximate surface area is 130 Å². The second-order valence-corrected chi connectivity index (χ2v) is 7.11. The number of hydrogen-bond acceptors (Lipinski definition) is 5. The van der Waals surface area contributed by atoms with Crippen molar-refractivity contribution < 1.29 is 22.7 Å². The van der Waals surface area contributed by atoms with Crippen LogP contribution in [0.3, 0.4) is 0 Å². The van der Waals surface area contributed by atoms with Crippen LogP contribution in [0.25, 0.3) is 0 Å². The van der Waals surface area contributed by atoms with Gasteiger partial charge in [0.05, 0.1) is 25.2 Å². The number of nitrogens with one attached hydrogen (secondary N) is 1. The molecule has 0 saturated carbocycles. The van der Waals surface area contributed by atoms with E-state index < -0.39 is 15.6 Å². The molecule has 1 aromatic carbocycles. The summed E-state index contributed by atoms with van der Waals surface area (Å²) in [5.41, 5.74) is -1.19. The van der Waals surface area contributed by atoms with Crippen molar-refractivity contribution in [1.29, 1.82) is 0 Å². The summed E-state index contributed by atoms with van der Waals surface area (Å²) < 4.78 is 37.1. The quantitative estimate of drug-likeness (QED) is 0.855. The average molecular weight is 328 g/mol. The van der Waals surface area contributed by atoms with Crippen LogP contribution in [0.5, 0.6) is 5.75 Å². The van der Waals surface area contributed by atoms with Gasteiger partial charge in [0.15, 0.2) is 5.60 Å². The van der Waals surface area contributed by atoms with Crippen molar-refractivity contribution in [3.8, 4) is 5.75 Å². The number of amides is 1. The Bertz CT molecular complexity index is 644. The van der Waals surface area contributed by atoms with E-state index in [1.165, 1.54) is 30.6 Å². The average Bonchev–Trinajstić information content (AvgIpc) is 2.54. The first-order valence-electron chi connectivity index (χ1n) is 6.84. The first kappa shape index (κ1) is 16.7. The molecular formula is C14H20N2O5S. The minimum absolute atomic E-state index is 0.0268. The van der Waals surface area contributed by atoms with Crippen molar-refractivity contribution in [2.45, 2.75) is 17.4 Å². The summed E-state index contributed by atoms with van der Waals surface area (Å²) in [4.78, 5) is 12.1. The van der Waals surface area contributed by atoms with Crippen LogP contribution in [-0.2, 0) is 19.6 Å². The summed E-state index contributed by atoms with van der Waals surface area (Å²) in [6.07, 6.45) is 0. The minimum Gasteiger partial charge on any atom is -0.497 e. The van der Waals surface area contributed by atoms with Crippen LogP contribution in [-0.4, -0.2) is 58.1 Å². The smallest absolute Gasteiger partial charge is 0.253 e. The van der Waals surface area contributed by atoms with E-state index in [4.69, 9.17) is 9.47 Å². The molecule has 0 radical (unpaired) electrons. The maximum Gasteiger partial charge on any atom is 0.253 e. The monoisotopic (exact) mass is 328 g/mol.